The molecule has 0 radical (unpaired) electrons. The van der Waals surface area contributed by atoms with Gasteiger partial charge in [-0.3, -0.25) is 19.1 Å². The van der Waals surface area contributed by atoms with Crippen molar-refractivity contribution in [3.63, 3.8) is 0 Å². The SMILES string of the molecule is NS(=O)(=O)c1ccc(-n2c(SCC(=O)Nc3cccnc3)nc3c(I)cc(I)cc3c2=O)cc1. The van der Waals surface area contributed by atoms with E-state index in [1.165, 1.54) is 35.0 Å². The highest BCUT2D eigenvalue weighted by molar-refractivity contribution is 14.1. The summed E-state index contributed by atoms with van der Waals surface area (Å²) in [5.74, 6) is -0.302. The first-order valence-electron chi connectivity index (χ1n) is 9.51. The van der Waals surface area contributed by atoms with Gasteiger partial charge in [-0.05, 0) is 93.7 Å². The molecule has 0 aliphatic heterocycles. The molecule has 13 heteroatoms. The second-order valence-corrected chi connectivity index (χ2v) is 11.8. The predicted octanol–water partition coefficient (Wildman–Crippen LogP) is 3.37. The molecule has 9 nitrogen and oxygen atoms in total. The summed E-state index contributed by atoms with van der Waals surface area (Å²) in [6.45, 7) is 0. The van der Waals surface area contributed by atoms with Gasteiger partial charge in [0.25, 0.3) is 5.56 Å². The van der Waals surface area contributed by atoms with Crippen molar-refractivity contribution in [2.75, 3.05) is 11.1 Å². The third-order valence-electron chi connectivity index (χ3n) is 4.56. The van der Waals surface area contributed by atoms with Crippen LogP contribution in [0.4, 0.5) is 5.69 Å². The number of primary sulfonamides is 1. The van der Waals surface area contributed by atoms with E-state index >= 15 is 0 Å². The molecule has 0 fully saturated rings. The number of rotatable bonds is 6. The fraction of sp³-hybridized carbons (Fsp3) is 0.0476. The maximum atomic E-state index is 13.5. The Hall–Kier alpha value is -2.08. The van der Waals surface area contributed by atoms with E-state index in [0.717, 1.165) is 18.9 Å². The van der Waals surface area contributed by atoms with Crippen LogP contribution in [0.25, 0.3) is 16.6 Å². The number of benzene rings is 2. The average molecular weight is 719 g/mol. The standard InChI is InChI=1S/C21H15I2N5O4S2/c22-12-8-16-19(17(23)9-12)27-21(33-11-18(29)26-13-2-1-7-25-10-13)28(20(16)30)14-3-5-15(6-4-14)34(24,31)32/h1-10H,11H2,(H,26,29)(H2,24,31,32). The lowest BCUT2D eigenvalue weighted by molar-refractivity contribution is -0.113. The highest BCUT2D eigenvalue weighted by Crippen LogP contribution is 2.26. The van der Waals surface area contributed by atoms with E-state index in [2.05, 4.69) is 60.5 Å². The van der Waals surface area contributed by atoms with Gasteiger partial charge in [0, 0.05) is 13.3 Å². The van der Waals surface area contributed by atoms with Crippen LogP contribution in [0.1, 0.15) is 0 Å². The monoisotopic (exact) mass is 719 g/mol. The van der Waals surface area contributed by atoms with Gasteiger partial charge in [-0.2, -0.15) is 0 Å². The van der Waals surface area contributed by atoms with Crippen LogP contribution >= 0.6 is 56.9 Å². The second kappa shape index (κ2) is 10.3. The zero-order chi connectivity index (χ0) is 24.5. The predicted molar refractivity (Wildman–Crippen MR) is 148 cm³/mol. The van der Waals surface area contributed by atoms with Gasteiger partial charge in [0.15, 0.2) is 5.16 Å². The van der Waals surface area contributed by atoms with E-state index < -0.39 is 10.0 Å². The fourth-order valence-electron chi connectivity index (χ4n) is 3.07. The minimum absolute atomic E-state index is 0.0109. The first-order valence-corrected chi connectivity index (χ1v) is 14.2. The van der Waals surface area contributed by atoms with Crippen molar-refractivity contribution >= 4 is 89.5 Å². The zero-order valence-electron chi connectivity index (χ0n) is 17.1. The Balaban J connectivity index is 1.77. The van der Waals surface area contributed by atoms with Crippen molar-refractivity contribution in [1.29, 1.82) is 0 Å². The van der Waals surface area contributed by atoms with Crippen LogP contribution in [0.3, 0.4) is 0 Å². The largest absolute Gasteiger partial charge is 0.324 e. The highest BCUT2D eigenvalue weighted by atomic mass is 127. The molecule has 3 N–H and O–H groups in total. The van der Waals surface area contributed by atoms with Crippen LogP contribution in [-0.4, -0.2) is 34.6 Å². The number of sulfonamides is 1. The molecule has 0 atom stereocenters. The van der Waals surface area contributed by atoms with Gasteiger partial charge in [0.05, 0.1) is 39.1 Å². The quantitative estimate of drug-likeness (QED) is 0.177. The maximum Gasteiger partial charge on any atom is 0.266 e. The third-order valence-corrected chi connectivity index (χ3v) is 7.87. The van der Waals surface area contributed by atoms with Crippen molar-refractivity contribution in [3.05, 3.63) is 78.4 Å². The molecule has 0 aliphatic carbocycles. The molecule has 4 aromatic rings. The molecule has 1 amide bonds. The third kappa shape index (κ3) is 5.59. The number of hydrogen-bond acceptors (Lipinski definition) is 7. The number of amides is 1. The summed E-state index contributed by atoms with van der Waals surface area (Å²) in [5.41, 5.74) is 1.15. The van der Waals surface area contributed by atoms with Gasteiger partial charge in [0.2, 0.25) is 15.9 Å². The number of nitrogens with two attached hydrogens (primary N) is 1. The van der Waals surface area contributed by atoms with E-state index in [0.29, 0.717) is 27.4 Å². The topological polar surface area (TPSA) is 137 Å². The summed E-state index contributed by atoms with van der Waals surface area (Å²) >= 11 is 5.34. The molecule has 0 spiro atoms. The smallest absolute Gasteiger partial charge is 0.266 e. The number of nitrogens with zero attached hydrogens (tertiary/aromatic N) is 3. The van der Waals surface area contributed by atoms with Crippen LogP contribution in [0.15, 0.2) is 75.8 Å². The van der Waals surface area contributed by atoms with E-state index in [1.807, 2.05) is 6.07 Å². The van der Waals surface area contributed by atoms with Crippen LogP contribution in [0.5, 0.6) is 0 Å². The number of pyridine rings is 1. The number of thioether (sulfide) groups is 1. The molecule has 0 saturated heterocycles. The number of aromatic nitrogens is 3. The Morgan fingerprint density at radius 1 is 1.15 bits per heavy atom. The first kappa shape index (κ1) is 25.0. The molecule has 2 heterocycles. The normalized spacial score (nSPS) is 11.5. The minimum atomic E-state index is -3.89. The Kier molecular flexibility index (Phi) is 7.56. The molecular formula is C21H15I2N5O4S2. The van der Waals surface area contributed by atoms with Gasteiger partial charge in [0.1, 0.15) is 0 Å². The molecule has 0 bridgehead atoms. The summed E-state index contributed by atoms with van der Waals surface area (Å²) in [4.78, 5) is 34.6. The van der Waals surface area contributed by atoms with Crippen LogP contribution in [0.2, 0.25) is 0 Å². The lowest BCUT2D eigenvalue weighted by Crippen LogP contribution is -2.23. The fourth-order valence-corrected chi connectivity index (χ4v) is 6.36. The second-order valence-electron chi connectivity index (χ2n) is 6.94. The van der Waals surface area contributed by atoms with E-state index in [4.69, 9.17) is 5.14 Å². The number of nitrogens with one attached hydrogen (secondary N) is 1. The van der Waals surface area contributed by atoms with Gasteiger partial charge >= 0.3 is 0 Å². The molecular weight excluding hydrogens is 704 g/mol. The van der Waals surface area contributed by atoms with Gasteiger partial charge in [-0.25, -0.2) is 18.5 Å². The summed E-state index contributed by atoms with van der Waals surface area (Å²) < 4.78 is 26.3. The number of carbonyl (C=O) groups excluding carboxylic acids is 1. The molecule has 0 aliphatic rings. The molecule has 2 aromatic heterocycles. The van der Waals surface area contributed by atoms with Gasteiger partial charge < -0.3 is 5.32 Å². The zero-order valence-corrected chi connectivity index (χ0v) is 23.1. The average Bonchev–Trinajstić information content (AvgIpc) is 2.79. The lowest BCUT2D eigenvalue weighted by Gasteiger charge is -2.14. The van der Waals surface area contributed by atoms with E-state index in [1.54, 1.807) is 24.4 Å². The molecule has 4 rings (SSSR count). The van der Waals surface area contributed by atoms with Crippen molar-refractivity contribution in [1.82, 2.24) is 14.5 Å². The maximum absolute atomic E-state index is 13.5. The number of anilines is 1. The molecule has 0 saturated carbocycles. The highest BCUT2D eigenvalue weighted by Gasteiger charge is 2.18. The number of carbonyl (C=O) groups is 1. The summed E-state index contributed by atoms with van der Waals surface area (Å²) in [6.07, 6.45) is 3.13. The lowest BCUT2D eigenvalue weighted by atomic mass is 10.2. The van der Waals surface area contributed by atoms with Crippen molar-refractivity contribution < 1.29 is 13.2 Å². The number of fused-ring (bicyclic) bond motifs is 1. The Labute approximate surface area is 225 Å². The van der Waals surface area contributed by atoms with Crippen molar-refractivity contribution in [2.45, 2.75) is 10.1 Å². The summed E-state index contributed by atoms with van der Waals surface area (Å²) in [7, 11) is -3.89. The Morgan fingerprint density at radius 2 is 1.88 bits per heavy atom. The van der Waals surface area contributed by atoms with Crippen LogP contribution < -0.4 is 16.0 Å². The van der Waals surface area contributed by atoms with Crippen molar-refractivity contribution in [2.24, 2.45) is 5.14 Å². The molecule has 34 heavy (non-hydrogen) atoms. The first-order chi connectivity index (χ1) is 16.1. The van der Waals surface area contributed by atoms with Crippen molar-refractivity contribution in [3.8, 4) is 5.69 Å². The molecule has 2 aromatic carbocycles. The number of halogens is 2. The van der Waals surface area contributed by atoms with E-state index in [-0.39, 0.29) is 22.1 Å². The van der Waals surface area contributed by atoms with Gasteiger partial charge in [-0.15, -0.1) is 0 Å². The van der Waals surface area contributed by atoms with Crippen LogP contribution in [-0.2, 0) is 14.8 Å². The molecule has 0 unspecified atom stereocenters. The Morgan fingerprint density at radius 3 is 2.53 bits per heavy atom. The van der Waals surface area contributed by atoms with E-state index in [9.17, 15) is 18.0 Å². The molecule has 174 valence electrons. The van der Waals surface area contributed by atoms with Crippen LogP contribution in [0, 0.1) is 7.14 Å². The minimum Gasteiger partial charge on any atom is -0.324 e. The summed E-state index contributed by atoms with van der Waals surface area (Å²) in [6, 6.07) is 12.7. The number of hydrogen-bond donors (Lipinski definition) is 2. The summed E-state index contributed by atoms with van der Waals surface area (Å²) in [5, 5.41) is 8.65. The Bertz CT molecular complexity index is 1560. The van der Waals surface area contributed by atoms with Gasteiger partial charge in [-0.1, -0.05) is 11.8 Å².